The van der Waals surface area contributed by atoms with Gasteiger partial charge in [-0.05, 0) is 0 Å². The Morgan fingerprint density at radius 3 is 2.23 bits per heavy atom. The Morgan fingerprint density at radius 2 is 1.92 bits per heavy atom. The molecule has 0 atom stereocenters. The van der Waals surface area contributed by atoms with Crippen LogP contribution in [0.5, 0.6) is 0 Å². The van der Waals surface area contributed by atoms with Crippen LogP contribution in [0.25, 0.3) is 0 Å². The van der Waals surface area contributed by atoms with E-state index in [4.69, 9.17) is 0 Å². The van der Waals surface area contributed by atoms with Gasteiger partial charge < -0.3 is 12.4 Å². The molecule has 0 aromatic carbocycles. The first-order chi connectivity index (χ1) is 5.44. The lowest BCUT2D eigenvalue weighted by molar-refractivity contribution is -0.670. The molecule has 76 valence electrons. The molecule has 1 aromatic rings. The average Bonchev–Trinajstić information content (AvgIpc) is 2.35. The van der Waals surface area contributed by atoms with Crippen molar-refractivity contribution in [3.8, 4) is 0 Å². The van der Waals surface area contributed by atoms with Crippen molar-refractivity contribution >= 4 is 10.2 Å². The Morgan fingerprint density at radius 1 is 1.38 bits per heavy atom. The minimum absolute atomic E-state index is 0. The molecular formula is C6H12ClN3O2S. The molecule has 1 rings (SSSR count). The Bertz CT molecular complexity index is 371. The van der Waals surface area contributed by atoms with E-state index in [1.165, 1.54) is 26.6 Å². The van der Waals surface area contributed by atoms with E-state index in [0.717, 1.165) is 8.28 Å². The Balaban J connectivity index is 0.00000144. The Labute approximate surface area is 84.2 Å². The maximum atomic E-state index is 11.4. The summed E-state index contributed by atoms with van der Waals surface area (Å²) in [7, 11) is 1.43. The molecule has 0 N–H and O–H groups in total. The summed E-state index contributed by atoms with van der Waals surface area (Å²) in [5, 5.41) is 0. The second-order valence-electron chi connectivity index (χ2n) is 2.70. The van der Waals surface area contributed by atoms with Gasteiger partial charge in [-0.15, -0.1) is 3.97 Å². The standard InChI is InChI=1S/C6H12N3O2S.ClH/c1-7(2)12(10,11)9-5-4-8(3)6-9;/h4-6H,1-3H3;1H/q+1;/p-1. The van der Waals surface area contributed by atoms with E-state index in [9.17, 15) is 8.42 Å². The van der Waals surface area contributed by atoms with Crippen molar-refractivity contribution in [1.29, 1.82) is 0 Å². The van der Waals surface area contributed by atoms with Crippen LogP contribution in [-0.4, -0.2) is 30.8 Å². The van der Waals surface area contributed by atoms with Gasteiger partial charge in [0.25, 0.3) is 6.33 Å². The first-order valence-electron chi connectivity index (χ1n) is 3.41. The summed E-state index contributed by atoms with van der Waals surface area (Å²) in [6, 6.07) is 0. The summed E-state index contributed by atoms with van der Waals surface area (Å²) >= 11 is 0. The van der Waals surface area contributed by atoms with E-state index < -0.39 is 10.2 Å². The van der Waals surface area contributed by atoms with E-state index in [-0.39, 0.29) is 12.4 Å². The molecule has 0 fully saturated rings. The number of aryl methyl sites for hydroxylation is 1. The SMILES string of the molecule is CN(C)S(=O)(=O)n1cc[n+](C)c1.[Cl-]. The molecule has 0 unspecified atom stereocenters. The fourth-order valence-electron chi connectivity index (χ4n) is 0.752. The first-order valence-corrected chi connectivity index (χ1v) is 4.80. The summed E-state index contributed by atoms with van der Waals surface area (Å²) in [4.78, 5) is 0. The highest BCUT2D eigenvalue weighted by Gasteiger charge is 2.21. The van der Waals surface area contributed by atoms with Gasteiger partial charge in [0.2, 0.25) is 0 Å². The second kappa shape index (κ2) is 4.08. The maximum absolute atomic E-state index is 11.4. The van der Waals surface area contributed by atoms with Crippen LogP contribution < -0.4 is 17.0 Å². The van der Waals surface area contributed by atoms with E-state index in [1.54, 1.807) is 17.8 Å². The molecule has 0 bridgehead atoms. The van der Waals surface area contributed by atoms with Crippen molar-refractivity contribution in [2.24, 2.45) is 7.05 Å². The lowest BCUT2D eigenvalue weighted by atomic mass is 10.9. The van der Waals surface area contributed by atoms with Gasteiger partial charge >= 0.3 is 10.2 Å². The van der Waals surface area contributed by atoms with Crippen molar-refractivity contribution < 1.29 is 25.4 Å². The first kappa shape index (κ1) is 12.4. The number of nitrogens with zero attached hydrogens (tertiary/aromatic N) is 3. The number of rotatable bonds is 2. The zero-order valence-corrected chi connectivity index (χ0v) is 9.25. The van der Waals surface area contributed by atoms with Crippen LogP contribution in [0.2, 0.25) is 0 Å². The third-order valence-electron chi connectivity index (χ3n) is 1.47. The van der Waals surface area contributed by atoms with Crippen molar-refractivity contribution in [3.63, 3.8) is 0 Å². The highest BCUT2D eigenvalue weighted by Crippen LogP contribution is 1.97. The molecule has 0 saturated heterocycles. The smallest absolute Gasteiger partial charge is 0.379 e. The van der Waals surface area contributed by atoms with Crippen molar-refractivity contribution in [3.05, 3.63) is 18.7 Å². The van der Waals surface area contributed by atoms with Gasteiger partial charge in [0, 0.05) is 14.1 Å². The van der Waals surface area contributed by atoms with Gasteiger partial charge in [0.05, 0.1) is 7.05 Å². The summed E-state index contributed by atoms with van der Waals surface area (Å²) in [5.74, 6) is 0. The van der Waals surface area contributed by atoms with Crippen LogP contribution in [0.15, 0.2) is 18.7 Å². The van der Waals surface area contributed by atoms with Crippen LogP contribution in [-0.2, 0) is 17.3 Å². The molecule has 5 nitrogen and oxygen atoms in total. The van der Waals surface area contributed by atoms with Crippen LogP contribution >= 0.6 is 0 Å². The summed E-state index contributed by atoms with van der Waals surface area (Å²) < 4.78 is 26.8. The van der Waals surface area contributed by atoms with Crippen LogP contribution in [0.3, 0.4) is 0 Å². The number of aromatic nitrogens is 2. The Hall–Kier alpha value is -0.590. The van der Waals surface area contributed by atoms with Gasteiger partial charge in [-0.25, -0.2) is 4.57 Å². The number of imidazole rings is 1. The third kappa shape index (κ3) is 2.43. The number of hydrogen-bond acceptors (Lipinski definition) is 2. The minimum Gasteiger partial charge on any atom is -1.00 e. The van der Waals surface area contributed by atoms with E-state index in [2.05, 4.69) is 0 Å². The molecule has 0 radical (unpaired) electrons. The molecule has 1 heterocycles. The fraction of sp³-hybridized carbons (Fsp3) is 0.500. The summed E-state index contributed by atoms with van der Waals surface area (Å²) in [6.45, 7) is 0. The predicted octanol–water partition coefficient (Wildman–Crippen LogP) is -4.03. The zero-order chi connectivity index (χ0) is 9.35. The average molecular weight is 226 g/mol. The highest BCUT2D eigenvalue weighted by atomic mass is 35.5. The predicted molar refractivity (Wildman–Crippen MR) is 43.6 cm³/mol. The molecule has 0 aliphatic carbocycles. The molecule has 1 aromatic heterocycles. The zero-order valence-electron chi connectivity index (χ0n) is 7.68. The van der Waals surface area contributed by atoms with Crippen molar-refractivity contribution in [2.75, 3.05) is 14.1 Å². The van der Waals surface area contributed by atoms with E-state index in [0.29, 0.717) is 0 Å². The van der Waals surface area contributed by atoms with Gasteiger partial charge in [0.1, 0.15) is 12.4 Å². The van der Waals surface area contributed by atoms with E-state index >= 15 is 0 Å². The molecule has 0 saturated carbocycles. The maximum Gasteiger partial charge on any atom is 0.379 e. The van der Waals surface area contributed by atoms with Gasteiger partial charge in [-0.2, -0.15) is 12.7 Å². The topological polar surface area (TPSA) is 46.2 Å². The fourth-order valence-corrected chi connectivity index (χ4v) is 1.61. The summed E-state index contributed by atoms with van der Waals surface area (Å²) in [5.41, 5.74) is 0. The molecule has 0 amide bonds. The third-order valence-corrected chi connectivity index (χ3v) is 3.14. The molecule has 0 aliphatic heterocycles. The minimum atomic E-state index is -3.33. The monoisotopic (exact) mass is 225 g/mol. The molecular weight excluding hydrogens is 214 g/mol. The quantitative estimate of drug-likeness (QED) is 0.482. The summed E-state index contributed by atoms with van der Waals surface area (Å²) in [6.07, 6.45) is 4.66. The van der Waals surface area contributed by atoms with Crippen LogP contribution in [0.4, 0.5) is 0 Å². The normalized spacial score (nSPS) is 11.4. The van der Waals surface area contributed by atoms with Crippen molar-refractivity contribution in [1.82, 2.24) is 8.28 Å². The van der Waals surface area contributed by atoms with Gasteiger partial charge in [-0.3, -0.25) is 0 Å². The second-order valence-corrected chi connectivity index (χ2v) is 4.75. The van der Waals surface area contributed by atoms with Crippen LogP contribution in [0.1, 0.15) is 0 Å². The van der Waals surface area contributed by atoms with Crippen molar-refractivity contribution in [2.45, 2.75) is 0 Å². The lowest BCUT2D eigenvalue weighted by Crippen LogP contribution is -3.00. The molecule has 0 spiro atoms. The van der Waals surface area contributed by atoms with E-state index in [1.807, 2.05) is 0 Å². The molecule has 7 heteroatoms. The molecule has 13 heavy (non-hydrogen) atoms. The van der Waals surface area contributed by atoms with Gasteiger partial charge in [0.15, 0.2) is 0 Å². The highest BCUT2D eigenvalue weighted by molar-refractivity contribution is 7.87. The lowest BCUT2D eigenvalue weighted by Gasteiger charge is -2.05. The van der Waals surface area contributed by atoms with Crippen LogP contribution in [0, 0.1) is 0 Å². The van der Waals surface area contributed by atoms with Gasteiger partial charge in [-0.1, -0.05) is 0 Å². The molecule has 0 aliphatic rings. The Kier molecular flexibility index (Phi) is 3.89. The number of hydrogen-bond donors (Lipinski definition) is 0. The largest absolute Gasteiger partial charge is 1.00 e. The number of halogens is 1.